The number of nitrogens with zero attached hydrogens (tertiary/aromatic N) is 2. The first-order valence-electron chi connectivity index (χ1n) is 5.74. The predicted molar refractivity (Wildman–Crippen MR) is 71.9 cm³/mol. The molecule has 2 heterocycles. The van der Waals surface area contributed by atoms with Gasteiger partial charge in [0, 0.05) is 17.4 Å². The molecule has 0 spiro atoms. The van der Waals surface area contributed by atoms with Gasteiger partial charge < -0.3 is 4.52 Å². The van der Waals surface area contributed by atoms with Gasteiger partial charge in [0.15, 0.2) is 11.4 Å². The average Bonchev–Trinajstić information content (AvgIpc) is 2.78. The Bertz CT molecular complexity index is 695. The molecule has 3 amide bonds. The highest BCUT2D eigenvalue weighted by Gasteiger charge is 2.28. The SMILES string of the molecule is Cc1c(Br)ccc2onc(N3CCC(=O)NC3=O)c12. The van der Waals surface area contributed by atoms with Crippen molar-refractivity contribution in [1.29, 1.82) is 0 Å². The van der Waals surface area contributed by atoms with Crippen molar-refractivity contribution in [3.63, 3.8) is 0 Å². The van der Waals surface area contributed by atoms with Crippen LogP contribution in [0.2, 0.25) is 0 Å². The molecule has 1 aliphatic rings. The number of aryl methyl sites for hydroxylation is 1. The molecule has 1 aromatic carbocycles. The molecule has 0 unspecified atom stereocenters. The largest absolute Gasteiger partial charge is 0.354 e. The van der Waals surface area contributed by atoms with Crippen molar-refractivity contribution >= 4 is 44.7 Å². The molecule has 6 nitrogen and oxygen atoms in total. The van der Waals surface area contributed by atoms with Gasteiger partial charge in [-0.3, -0.25) is 15.0 Å². The summed E-state index contributed by atoms with van der Waals surface area (Å²) in [4.78, 5) is 24.4. The number of rotatable bonds is 1. The van der Waals surface area contributed by atoms with Crippen LogP contribution in [-0.4, -0.2) is 23.6 Å². The number of amides is 3. The third-order valence-corrected chi connectivity index (χ3v) is 3.98. The Morgan fingerprint density at radius 3 is 2.95 bits per heavy atom. The van der Waals surface area contributed by atoms with Gasteiger partial charge >= 0.3 is 6.03 Å². The summed E-state index contributed by atoms with van der Waals surface area (Å²) in [6.07, 6.45) is 0.257. The van der Waals surface area contributed by atoms with Crippen LogP contribution in [-0.2, 0) is 4.79 Å². The van der Waals surface area contributed by atoms with Crippen LogP contribution in [0.1, 0.15) is 12.0 Å². The number of hydrogen-bond donors (Lipinski definition) is 1. The van der Waals surface area contributed by atoms with Crippen LogP contribution in [0, 0.1) is 6.92 Å². The van der Waals surface area contributed by atoms with Gasteiger partial charge in [-0.15, -0.1) is 0 Å². The van der Waals surface area contributed by atoms with Crippen LogP contribution in [0.3, 0.4) is 0 Å². The number of nitrogens with one attached hydrogen (secondary N) is 1. The van der Waals surface area contributed by atoms with Crippen molar-refractivity contribution in [3.8, 4) is 0 Å². The summed E-state index contributed by atoms with van der Waals surface area (Å²) in [5.41, 5.74) is 1.55. The molecule has 7 heteroatoms. The minimum absolute atomic E-state index is 0.257. The van der Waals surface area contributed by atoms with Crippen molar-refractivity contribution in [2.45, 2.75) is 13.3 Å². The van der Waals surface area contributed by atoms with E-state index in [4.69, 9.17) is 4.52 Å². The number of aromatic nitrogens is 1. The van der Waals surface area contributed by atoms with Crippen LogP contribution in [0.5, 0.6) is 0 Å². The van der Waals surface area contributed by atoms with Gasteiger partial charge in [-0.1, -0.05) is 21.1 Å². The molecule has 1 fully saturated rings. The average molecular weight is 324 g/mol. The zero-order valence-electron chi connectivity index (χ0n) is 10.1. The number of urea groups is 1. The summed E-state index contributed by atoms with van der Waals surface area (Å²) in [6.45, 7) is 2.22. The number of fused-ring (bicyclic) bond motifs is 1. The zero-order valence-corrected chi connectivity index (χ0v) is 11.7. The lowest BCUT2D eigenvalue weighted by Crippen LogP contribution is -2.49. The lowest BCUT2D eigenvalue weighted by atomic mass is 10.1. The summed E-state index contributed by atoms with van der Waals surface area (Å²) in [6, 6.07) is 3.19. The second-order valence-corrected chi connectivity index (χ2v) is 5.16. The van der Waals surface area contributed by atoms with Gasteiger partial charge in [0.2, 0.25) is 5.91 Å². The Balaban J connectivity index is 2.13. The normalized spacial score (nSPS) is 16.0. The topological polar surface area (TPSA) is 75.4 Å². The van der Waals surface area contributed by atoms with E-state index in [0.717, 1.165) is 15.4 Å². The van der Waals surface area contributed by atoms with Crippen LogP contribution >= 0.6 is 15.9 Å². The molecule has 1 aliphatic heterocycles. The third kappa shape index (κ3) is 1.90. The molecule has 1 N–H and O–H groups in total. The molecule has 1 saturated heterocycles. The lowest BCUT2D eigenvalue weighted by molar-refractivity contribution is -0.120. The maximum absolute atomic E-state index is 11.8. The Kier molecular flexibility index (Phi) is 2.78. The molecular formula is C12H10BrN3O3. The second kappa shape index (κ2) is 4.34. The summed E-state index contributed by atoms with van der Waals surface area (Å²) in [5.74, 6) is 0.172. The number of imide groups is 1. The van der Waals surface area contributed by atoms with E-state index in [1.165, 1.54) is 4.90 Å². The van der Waals surface area contributed by atoms with Gasteiger partial charge in [-0.05, 0) is 24.6 Å². The summed E-state index contributed by atoms with van der Waals surface area (Å²) in [5, 5.41) is 7.00. The minimum Gasteiger partial charge on any atom is -0.354 e. The highest BCUT2D eigenvalue weighted by atomic mass is 79.9. The highest BCUT2D eigenvalue weighted by molar-refractivity contribution is 9.10. The van der Waals surface area contributed by atoms with Crippen molar-refractivity contribution in [2.75, 3.05) is 11.4 Å². The highest BCUT2D eigenvalue weighted by Crippen LogP contribution is 2.33. The third-order valence-electron chi connectivity index (χ3n) is 3.12. The van der Waals surface area contributed by atoms with Crippen molar-refractivity contribution in [1.82, 2.24) is 10.5 Å². The van der Waals surface area contributed by atoms with Crippen molar-refractivity contribution < 1.29 is 14.1 Å². The maximum atomic E-state index is 11.8. The zero-order chi connectivity index (χ0) is 13.6. The van der Waals surface area contributed by atoms with E-state index in [0.29, 0.717) is 17.9 Å². The van der Waals surface area contributed by atoms with E-state index in [-0.39, 0.29) is 12.3 Å². The Labute approximate surface area is 116 Å². The molecule has 0 bridgehead atoms. The van der Waals surface area contributed by atoms with Gasteiger partial charge in [0.1, 0.15) is 0 Å². The lowest BCUT2D eigenvalue weighted by Gasteiger charge is -2.24. The first kappa shape index (κ1) is 12.2. The minimum atomic E-state index is -0.467. The number of carbonyl (C=O) groups excluding carboxylic acids is 2. The first-order chi connectivity index (χ1) is 9.08. The number of benzene rings is 1. The van der Waals surface area contributed by atoms with Gasteiger partial charge in [0.25, 0.3) is 0 Å². The van der Waals surface area contributed by atoms with E-state index in [2.05, 4.69) is 26.4 Å². The number of anilines is 1. The molecule has 2 aromatic rings. The number of hydrogen-bond acceptors (Lipinski definition) is 4. The maximum Gasteiger partial charge on any atom is 0.329 e. The van der Waals surface area contributed by atoms with Crippen molar-refractivity contribution in [3.05, 3.63) is 22.2 Å². The van der Waals surface area contributed by atoms with E-state index < -0.39 is 6.03 Å². The fraction of sp³-hybridized carbons (Fsp3) is 0.250. The number of halogens is 1. The molecule has 0 saturated carbocycles. The molecule has 0 radical (unpaired) electrons. The van der Waals surface area contributed by atoms with Gasteiger partial charge in [-0.25, -0.2) is 4.79 Å². The smallest absolute Gasteiger partial charge is 0.329 e. The Morgan fingerprint density at radius 1 is 1.42 bits per heavy atom. The van der Waals surface area contributed by atoms with E-state index in [1.807, 2.05) is 13.0 Å². The quantitative estimate of drug-likeness (QED) is 0.874. The van der Waals surface area contributed by atoms with Crippen LogP contribution in [0.25, 0.3) is 11.0 Å². The van der Waals surface area contributed by atoms with Crippen LogP contribution < -0.4 is 10.2 Å². The van der Waals surface area contributed by atoms with E-state index in [9.17, 15) is 9.59 Å². The molecule has 98 valence electrons. The van der Waals surface area contributed by atoms with Gasteiger partial charge in [0.05, 0.1) is 5.39 Å². The van der Waals surface area contributed by atoms with E-state index in [1.54, 1.807) is 6.07 Å². The molecule has 3 rings (SSSR count). The fourth-order valence-corrected chi connectivity index (χ4v) is 2.43. The molecule has 0 atom stereocenters. The van der Waals surface area contributed by atoms with Crippen LogP contribution in [0.15, 0.2) is 21.1 Å². The molecule has 1 aromatic heterocycles. The molecular weight excluding hydrogens is 314 g/mol. The van der Waals surface area contributed by atoms with Crippen molar-refractivity contribution in [2.24, 2.45) is 0 Å². The molecule has 19 heavy (non-hydrogen) atoms. The second-order valence-electron chi connectivity index (χ2n) is 4.31. The summed E-state index contributed by atoms with van der Waals surface area (Å²) < 4.78 is 6.15. The standard InChI is InChI=1S/C12H10BrN3O3/c1-6-7(13)2-3-8-10(6)11(15-19-8)16-5-4-9(17)14-12(16)18/h2-3H,4-5H2,1H3,(H,14,17,18). The van der Waals surface area contributed by atoms with Crippen LogP contribution in [0.4, 0.5) is 10.6 Å². The Hall–Kier alpha value is -1.89. The first-order valence-corrected chi connectivity index (χ1v) is 6.53. The number of carbonyl (C=O) groups is 2. The monoisotopic (exact) mass is 323 g/mol. The predicted octanol–water partition coefficient (Wildman–Crippen LogP) is 2.35. The summed E-state index contributed by atoms with van der Waals surface area (Å²) >= 11 is 3.44. The van der Waals surface area contributed by atoms with Gasteiger partial charge in [-0.2, -0.15) is 0 Å². The Morgan fingerprint density at radius 2 is 2.21 bits per heavy atom. The summed E-state index contributed by atoms with van der Waals surface area (Å²) in [7, 11) is 0. The molecule has 0 aliphatic carbocycles. The fourth-order valence-electron chi connectivity index (χ4n) is 2.10. The van der Waals surface area contributed by atoms with E-state index >= 15 is 0 Å².